The lowest BCUT2D eigenvalue weighted by molar-refractivity contribution is 0.103. The van der Waals surface area contributed by atoms with Crippen molar-refractivity contribution in [1.29, 1.82) is 0 Å². The second-order valence-electron chi connectivity index (χ2n) is 4.07. The van der Waals surface area contributed by atoms with Crippen molar-refractivity contribution in [1.82, 2.24) is 4.98 Å². The van der Waals surface area contributed by atoms with Crippen LogP contribution in [-0.2, 0) is 0 Å². The summed E-state index contributed by atoms with van der Waals surface area (Å²) in [4.78, 5) is 15.9. The van der Waals surface area contributed by atoms with Gasteiger partial charge in [0.2, 0.25) is 5.78 Å². The van der Waals surface area contributed by atoms with E-state index in [9.17, 15) is 9.18 Å². The van der Waals surface area contributed by atoms with Gasteiger partial charge < -0.3 is 0 Å². The van der Waals surface area contributed by atoms with Crippen LogP contribution in [0.5, 0.6) is 0 Å². The minimum atomic E-state index is -0.443. The van der Waals surface area contributed by atoms with Crippen LogP contribution in [-0.4, -0.2) is 10.8 Å². The van der Waals surface area contributed by atoms with Crippen LogP contribution in [0.1, 0.15) is 27.2 Å². The van der Waals surface area contributed by atoms with Gasteiger partial charge in [-0.2, -0.15) is 0 Å². The molecule has 0 unspecified atom stereocenters. The van der Waals surface area contributed by atoms with Crippen LogP contribution >= 0.6 is 0 Å². The van der Waals surface area contributed by atoms with E-state index in [1.807, 2.05) is 19.9 Å². The molecule has 0 aliphatic rings. The van der Waals surface area contributed by atoms with Crippen molar-refractivity contribution in [2.24, 2.45) is 0 Å². The van der Waals surface area contributed by atoms with E-state index in [1.165, 1.54) is 12.1 Å². The topological polar surface area (TPSA) is 30.0 Å². The number of ketones is 1. The highest BCUT2D eigenvalue weighted by Gasteiger charge is 2.11. The summed E-state index contributed by atoms with van der Waals surface area (Å²) in [6.07, 6.45) is 1.05. The smallest absolute Gasteiger partial charge is 0.211 e. The molecule has 17 heavy (non-hydrogen) atoms. The van der Waals surface area contributed by atoms with Crippen molar-refractivity contribution in [2.75, 3.05) is 0 Å². The maximum Gasteiger partial charge on any atom is 0.211 e. The molecular weight excluding hydrogens is 217 g/mol. The molecule has 1 aromatic carbocycles. The standard InChI is InChI=1S/C14H12FNO/c1-9-5-10(2)7-11(6-9)14(17)13-4-3-12(15)8-16-13/h3-8H,1-2H3. The molecule has 0 aliphatic carbocycles. The number of nitrogens with zero attached hydrogens (tertiary/aromatic N) is 1. The molecule has 3 heteroatoms. The summed E-state index contributed by atoms with van der Waals surface area (Å²) < 4.78 is 12.7. The Hall–Kier alpha value is -2.03. The number of aryl methyl sites for hydroxylation is 2. The minimum absolute atomic E-state index is 0.184. The number of pyridine rings is 1. The lowest BCUT2D eigenvalue weighted by Crippen LogP contribution is -2.04. The van der Waals surface area contributed by atoms with Gasteiger partial charge in [-0.1, -0.05) is 17.2 Å². The van der Waals surface area contributed by atoms with Gasteiger partial charge in [0.15, 0.2) is 0 Å². The van der Waals surface area contributed by atoms with Crippen LogP contribution in [0.2, 0.25) is 0 Å². The average Bonchev–Trinajstić information content (AvgIpc) is 2.28. The Morgan fingerprint density at radius 2 is 1.76 bits per heavy atom. The van der Waals surface area contributed by atoms with Gasteiger partial charge >= 0.3 is 0 Å². The third kappa shape index (κ3) is 2.56. The summed E-state index contributed by atoms with van der Waals surface area (Å²) in [5, 5.41) is 0. The SMILES string of the molecule is Cc1cc(C)cc(C(=O)c2ccc(F)cn2)c1. The molecule has 2 aromatic rings. The Morgan fingerprint density at radius 1 is 1.12 bits per heavy atom. The van der Waals surface area contributed by atoms with E-state index >= 15 is 0 Å². The van der Waals surface area contributed by atoms with Crippen LogP contribution < -0.4 is 0 Å². The number of benzene rings is 1. The quantitative estimate of drug-likeness (QED) is 0.741. The number of aromatic nitrogens is 1. The summed E-state index contributed by atoms with van der Waals surface area (Å²) >= 11 is 0. The first-order valence-corrected chi connectivity index (χ1v) is 5.31. The van der Waals surface area contributed by atoms with Crippen LogP contribution in [0, 0.1) is 19.7 Å². The Bertz CT molecular complexity index is 541. The summed E-state index contributed by atoms with van der Waals surface area (Å²) in [5.41, 5.74) is 2.89. The molecule has 0 radical (unpaired) electrons. The van der Waals surface area contributed by atoms with Gasteiger partial charge in [-0.25, -0.2) is 9.37 Å². The Labute approximate surface area is 99.1 Å². The lowest BCUT2D eigenvalue weighted by atomic mass is 10.0. The van der Waals surface area contributed by atoms with Crippen molar-refractivity contribution in [3.63, 3.8) is 0 Å². The highest BCUT2D eigenvalue weighted by atomic mass is 19.1. The Balaban J connectivity index is 2.40. The van der Waals surface area contributed by atoms with Crippen LogP contribution in [0.25, 0.3) is 0 Å². The third-order valence-corrected chi connectivity index (χ3v) is 2.44. The molecule has 2 rings (SSSR count). The molecule has 0 bridgehead atoms. The van der Waals surface area contributed by atoms with E-state index < -0.39 is 5.82 Å². The van der Waals surface area contributed by atoms with E-state index in [0.717, 1.165) is 17.3 Å². The molecule has 2 nitrogen and oxygen atoms in total. The van der Waals surface area contributed by atoms with Crippen LogP contribution in [0.3, 0.4) is 0 Å². The molecule has 0 N–H and O–H groups in total. The second kappa shape index (κ2) is 4.45. The first-order chi connectivity index (χ1) is 8.06. The molecule has 86 valence electrons. The number of halogens is 1. The predicted octanol–water partition coefficient (Wildman–Crippen LogP) is 3.07. The van der Waals surface area contributed by atoms with Crippen LogP contribution in [0.15, 0.2) is 36.5 Å². The van der Waals surface area contributed by atoms with Crippen molar-refractivity contribution in [2.45, 2.75) is 13.8 Å². The van der Waals surface area contributed by atoms with Gasteiger partial charge in [0, 0.05) is 5.56 Å². The first kappa shape index (κ1) is 11.5. The summed E-state index contributed by atoms with van der Waals surface area (Å²) in [5.74, 6) is -0.626. The average molecular weight is 229 g/mol. The van der Waals surface area contributed by atoms with E-state index in [4.69, 9.17) is 0 Å². The summed E-state index contributed by atoms with van der Waals surface area (Å²) in [6.45, 7) is 3.86. The number of carbonyl (C=O) groups excluding carboxylic acids is 1. The molecule has 1 aromatic heterocycles. The molecule has 0 fully saturated rings. The molecule has 0 aliphatic heterocycles. The maximum absolute atomic E-state index is 12.7. The third-order valence-electron chi connectivity index (χ3n) is 2.44. The molecule has 0 spiro atoms. The van der Waals surface area contributed by atoms with E-state index in [2.05, 4.69) is 4.98 Å². The maximum atomic E-state index is 12.7. The predicted molar refractivity (Wildman–Crippen MR) is 63.5 cm³/mol. The van der Waals surface area contributed by atoms with Gasteiger partial charge in [-0.15, -0.1) is 0 Å². The monoisotopic (exact) mass is 229 g/mol. The summed E-state index contributed by atoms with van der Waals surface area (Å²) in [7, 11) is 0. The fourth-order valence-electron chi connectivity index (χ4n) is 1.76. The number of carbonyl (C=O) groups is 1. The fraction of sp³-hybridized carbons (Fsp3) is 0.143. The van der Waals surface area contributed by atoms with E-state index in [-0.39, 0.29) is 11.5 Å². The Morgan fingerprint density at radius 3 is 2.29 bits per heavy atom. The number of hydrogen-bond acceptors (Lipinski definition) is 2. The zero-order valence-electron chi connectivity index (χ0n) is 9.70. The zero-order valence-corrected chi connectivity index (χ0v) is 9.70. The van der Waals surface area contributed by atoms with Crippen molar-refractivity contribution in [3.8, 4) is 0 Å². The van der Waals surface area contributed by atoms with Gasteiger partial charge in [0.25, 0.3) is 0 Å². The van der Waals surface area contributed by atoms with Gasteiger partial charge in [0.05, 0.1) is 6.20 Å². The molecule has 0 saturated heterocycles. The minimum Gasteiger partial charge on any atom is -0.287 e. The molecule has 0 atom stereocenters. The largest absolute Gasteiger partial charge is 0.287 e. The fourth-order valence-corrected chi connectivity index (χ4v) is 1.76. The number of rotatable bonds is 2. The Kier molecular flexibility index (Phi) is 3.00. The molecular formula is C14H12FNO. The number of hydrogen-bond donors (Lipinski definition) is 0. The van der Waals surface area contributed by atoms with Crippen LogP contribution in [0.4, 0.5) is 4.39 Å². The molecule has 0 saturated carbocycles. The van der Waals surface area contributed by atoms with Gasteiger partial charge in [0.1, 0.15) is 11.5 Å². The molecule has 0 amide bonds. The van der Waals surface area contributed by atoms with Crippen molar-refractivity contribution in [3.05, 3.63) is 64.7 Å². The van der Waals surface area contributed by atoms with E-state index in [0.29, 0.717) is 5.56 Å². The van der Waals surface area contributed by atoms with Crippen molar-refractivity contribution < 1.29 is 9.18 Å². The van der Waals surface area contributed by atoms with E-state index in [1.54, 1.807) is 12.1 Å². The highest BCUT2D eigenvalue weighted by Crippen LogP contribution is 2.13. The zero-order chi connectivity index (χ0) is 12.4. The first-order valence-electron chi connectivity index (χ1n) is 5.31. The van der Waals surface area contributed by atoms with Gasteiger partial charge in [-0.3, -0.25) is 4.79 Å². The second-order valence-corrected chi connectivity index (χ2v) is 4.07. The molecule has 1 heterocycles. The lowest BCUT2D eigenvalue weighted by Gasteiger charge is -2.03. The van der Waals surface area contributed by atoms with Gasteiger partial charge in [-0.05, 0) is 38.1 Å². The highest BCUT2D eigenvalue weighted by molar-refractivity contribution is 6.07. The van der Waals surface area contributed by atoms with Crippen molar-refractivity contribution >= 4 is 5.78 Å². The summed E-state index contributed by atoms with van der Waals surface area (Å²) in [6, 6.07) is 8.24. The normalized spacial score (nSPS) is 10.3.